The molecule has 2 heterocycles. The number of hydrogen-bond donors (Lipinski definition) is 0. The first kappa shape index (κ1) is 34.8. The summed E-state index contributed by atoms with van der Waals surface area (Å²) in [6.45, 7) is 4.26. The largest absolute Gasteiger partial charge is 0.493 e. The van der Waals surface area contributed by atoms with Crippen LogP contribution in [0, 0.1) is 3.57 Å². The summed E-state index contributed by atoms with van der Waals surface area (Å²) in [5.74, 6) is 0.155. The average molecular weight is 801 g/mol. The van der Waals surface area contributed by atoms with Gasteiger partial charge in [0, 0.05) is 5.56 Å². The van der Waals surface area contributed by atoms with E-state index < -0.39 is 12.0 Å². The Balaban J connectivity index is 1.40. The zero-order valence-corrected chi connectivity index (χ0v) is 30.5. The zero-order valence-electron chi connectivity index (χ0n) is 27.6. The van der Waals surface area contributed by atoms with Crippen molar-refractivity contribution < 1.29 is 28.5 Å². The zero-order chi connectivity index (χ0) is 35.2. The van der Waals surface area contributed by atoms with Crippen LogP contribution in [0.25, 0.3) is 11.8 Å². The molecule has 0 aliphatic carbocycles. The number of methoxy groups -OCH3 is 1. The van der Waals surface area contributed by atoms with E-state index in [0.717, 1.165) is 25.8 Å². The van der Waals surface area contributed by atoms with E-state index in [-0.39, 0.29) is 24.7 Å². The Kier molecular flexibility index (Phi) is 10.9. The molecule has 1 aromatic heterocycles. The van der Waals surface area contributed by atoms with Gasteiger partial charge in [0.25, 0.3) is 5.56 Å². The highest BCUT2D eigenvalue weighted by Gasteiger charge is 2.35. The summed E-state index contributed by atoms with van der Waals surface area (Å²) in [7, 11) is 1.56. The van der Waals surface area contributed by atoms with Crippen LogP contribution in [0.5, 0.6) is 11.5 Å². The maximum Gasteiger partial charge on any atom is 0.338 e. The van der Waals surface area contributed by atoms with E-state index in [2.05, 4.69) is 22.6 Å². The van der Waals surface area contributed by atoms with Gasteiger partial charge in [0.05, 0.1) is 51.3 Å². The van der Waals surface area contributed by atoms with Crippen molar-refractivity contribution in [3.05, 3.63) is 154 Å². The first-order valence-corrected chi connectivity index (χ1v) is 17.8. The molecular weight excluding hydrogens is 767 g/mol. The second kappa shape index (κ2) is 15.7. The number of fused-ring (bicyclic) bond motifs is 1. The summed E-state index contributed by atoms with van der Waals surface area (Å²) in [4.78, 5) is 45.3. The fourth-order valence-corrected chi connectivity index (χ4v) is 7.39. The molecule has 1 aliphatic rings. The minimum atomic E-state index is -0.749. The van der Waals surface area contributed by atoms with Gasteiger partial charge in [0.15, 0.2) is 16.3 Å². The normalized spacial score (nSPS) is 14.1. The van der Waals surface area contributed by atoms with Crippen LogP contribution in [-0.4, -0.2) is 36.8 Å². The highest BCUT2D eigenvalue weighted by atomic mass is 127. The molecule has 0 unspecified atom stereocenters. The van der Waals surface area contributed by atoms with Gasteiger partial charge in [-0.05, 0) is 83.5 Å². The second-order valence-corrected chi connectivity index (χ2v) is 13.3. The molecular formula is C39H33IN2O7S. The number of ether oxygens (including phenoxy) is 4. The Labute approximate surface area is 306 Å². The van der Waals surface area contributed by atoms with Crippen LogP contribution in [0.15, 0.2) is 112 Å². The number of carbonyl (C=O) groups excluding carboxylic acids is 2. The molecule has 50 heavy (non-hydrogen) atoms. The lowest BCUT2D eigenvalue weighted by Gasteiger charge is -2.25. The van der Waals surface area contributed by atoms with Gasteiger partial charge in [-0.15, -0.1) is 0 Å². The van der Waals surface area contributed by atoms with Crippen molar-refractivity contribution in [2.45, 2.75) is 26.5 Å². The molecule has 6 rings (SSSR count). The number of hydrogen-bond acceptors (Lipinski definition) is 9. The van der Waals surface area contributed by atoms with Crippen molar-refractivity contribution in [3.63, 3.8) is 0 Å². The van der Waals surface area contributed by atoms with Crippen LogP contribution in [0.2, 0.25) is 0 Å². The number of carbonyl (C=O) groups is 2. The molecule has 0 N–H and O–H groups in total. The highest BCUT2D eigenvalue weighted by Crippen LogP contribution is 2.36. The van der Waals surface area contributed by atoms with Crippen molar-refractivity contribution in [2.24, 2.45) is 4.99 Å². The highest BCUT2D eigenvalue weighted by molar-refractivity contribution is 14.1. The number of rotatable bonds is 11. The monoisotopic (exact) mass is 800 g/mol. The van der Waals surface area contributed by atoms with E-state index in [4.69, 9.17) is 23.9 Å². The predicted molar refractivity (Wildman–Crippen MR) is 200 cm³/mol. The molecule has 4 aromatic carbocycles. The molecule has 0 spiro atoms. The van der Waals surface area contributed by atoms with Gasteiger partial charge in [0.1, 0.15) is 6.61 Å². The maximum atomic E-state index is 14.3. The van der Waals surface area contributed by atoms with Crippen LogP contribution in [0.3, 0.4) is 0 Å². The summed E-state index contributed by atoms with van der Waals surface area (Å²) in [5, 5.41) is 0. The topological polar surface area (TPSA) is 105 Å². The molecule has 254 valence electrons. The van der Waals surface area contributed by atoms with Crippen LogP contribution in [0.4, 0.5) is 0 Å². The molecule has 0 amide bonds. The summed E-state index contributed by atoms with van der Waals surface area (Å²) in [6, 6.07) is 28.9. The fourth-order valence-electron chi connectivity index (χ4n) is 5.61. The Morgan fingerprint density at radius 3 is 2.22 bits per heavy atom. The van der Waals surface area contributed by atoms with E-state index in [1.807, 2.05) is 84.9 Å². The Morgan fingerprint density at radius 2 is 1.56 bits per heavy atom. The van der Waals surface area contributed by atoms with Crippen molar-refractivity contribution in [3.8, 4) is 11.5 Å². The number of benzene rings is 4. The second-order valence-electron chi connectivity index (χ2n) is 11.1. The van der Waals surface area contributed by atoms with Gasteiger partial charge in [0.2, 0.25) is 0 Å². The van der Waals surface area contributed by atoms with Gasteiger partial charge in [-0.1, -0.05) is 84.1 Å². The van der Waals surface area contributed by atoms with Crippen LogP contribution >= 0.6 is 33.9 Å². The number of thiazole rings is 1. The standard InChI is InChI=1S/C39H33IN2O7S/c1-4-47-37(44)28-18-16-24(17-19-28)23-49-35-29(40)20-25(21-30(35)46-3)22-31-36(43)42-34(27-14-10-7-11-15-27)32(38(45)48-5-2)33(41-39(42)50-31)26-12-8-6-9-13-26/h6-22,34H,4-5,23H2,1-3H3/b31-22-/t34-/m0/s1. The van der Waals surface area contributed by atoms with E-state index in [1.165, 1.54) is 11.3 Å². The first-order valence-electron chi connectivity index (χ1n) is 15.9. The molecule has 0 fully saturated rings. The Hall–Kier alpha value is -5.01. The quantitative estimate of drug-likeness (QED) is 0.114. The third-order valence-corrected chi connectivity index (χ3v) is 9.67. The van der Waals surface area contributed by atoms with Gasteiger partial charge in [-0.3, -0.25) is 9.36 Å². The Bertz CT molecular complexity index is 2250. The van der Waals surface area contributed by atoms with E-state index >= 15 is 0 Å². The molecule has 1 atom stereocenters. The van der Waals surface area contributed by atoms with E-state index in [0.29, 0.717) is 44.3 Å². The molecule has 0 radical (unpaired) electrons. The molecule has 11 heteroatoms. The summed E-state index contributed by atoms with van der Waals surface area (Å²) in [5.41, 5.74) is 4.07. The summed E-state index contributed by atoms with van der Waals surface area (Å²) in [6.07, 6.45) is 1.80. The molecule has 0 bridgehead atoms. The van der Waals surface area contributed by atoms with Crippen LogP contribution in [0.1, 0.15) is 52.5 Å². The number of nitrogens with zero attached hydrogens (tertiary/aromatic N) is 2. The van der Waals surface area contributed by atoms with Gasteiger partial charge >= 0.3 is 11.9 Å². The summed E-state index contributed by atoms with van der Waals surface area (Å²) >= 11 is 3.44. The summed E-state index contributed by atoms with van der Waals surface area (Å²) < 4.78 is 25.3. The lowest BCUT2D eigenvalue weighted by molar-refractivity contribution is -0.138. The van der Waals surface area contributed by atoms with Gasteiger partial charge < -0.3 is 18.9 Å². The molecule has 5 aromatic rings. The average Bonchev–Trinajstić information content (AvgIpc) is 3.45. The molecule has 0 saturated heterocycles. The maximum absolute atomic E-state index is 14.3. The molecule has 0 saturated carbocycles. The predicted octanol–water partition coefficient (Wildman–Crippen LogP) is 6.30. The smallest absolute Gasteiger partial charge is 0.338 e. The van der Waals surface area contributed by atoms with Gasteiger partial charge in [-0.25, -0.2) is 14.6 Å². The minimum Gasteiger partial charge on any atom is -0.493 e. The Morgan fingerprint density at radius 1 is 0.900 bits per heavy atom. The third-order valence-electron chi connectivity index (χ3n) is 7.89. The van der Waals surface area contributed by atoms with Crippen molar-refractivity contribution in [1.82, 2.24) is 4.57 Å². The van der Waals surface area contributed by atoms with E-state index in [9.17, 15) is 14.4 Å². The molecule has 1 aliphatic heterocycles. The van der Waals surface area contributed by atoms with Crippen molar-refractivity contribution in [1.29, 1.82) is 0 Å². The van der Waals surface area contributed by atoms with Gasteiger partial charge in [-0.2, -0.15) is 0 Å². The minimum absolute atomic E-state index is 0.179. The number of esters is 2. The lowest BCUT2D eigenvalue weighted by Crippen LogP contribution is -2.40. The van der Waals surface area contributed by atoms with E-state index in [1.54, 1.807) is 43.7 Å². The van der Waals surface area contributed by atoms with Crippen molar-refractivity contribution in [2.75, 3.05) is 20.3 Å². The number of halogens is 1. The SMILES string of the molecule is CCOC(=O)C1=C(c2ccccc2)N=c2s/c(=C\c3cc(I)c(OCc4ccc(C(=O)OCC)cc4)c(OC)c3)c(=O)n2[C@H]1c1ccccc1. The fraction of sp³-hybridized carbons (Fsp3) is 0.179. The lowest BCUT2D eigenvalue weighted by atomic mass is 9.93. The van der Waals surface area contributed by atoms with Crippen LogP contribution in [-0.2, 0) is 20.9 Å². The third kappa shape index (κ3) is 7.29. The number of aromatic nitrogens is 1. The van der Waals surface area contributed by atoms with Crippen LogP contribution < -0.4 is 24.4 Å². The van der Waals surface area contributed by atoms with Crippen molar-refractivity contribution >= 4 is 57.6 Å². The molecule has 9 nitrogen and oxygen atoms in total. The first-order chi connectivity index (χ1) is 24.3.